The van der Waals surface area contributed by atoms with E-state index in [4.69, 9.17) is 5.11 Å². The van der Waals surface area contributed by atoms with Crippen molar-refractivity contribution in [1.29, 1.82) is 0 Å². The van der Waals surface area contributed by atoms with Crippen LogP contribution in [-0.4, -0.2) is 29.5 Å². The molecule has 185 valence electrons. The number of amidine groups is 1. The van der Waals surface area contributed by atoms with Gasteiger partial charge in [-0.3, -0.25) is 14.5 Å². The molecule has 1 fully saturated rings. The van der Waals surface area contributed by atoms with E-state index >= 15 is 0 Å². The summed E-state index contributed by atoms with van der Waals surface area (Å²) in [5.74, 6) is 0.718. The second-order valence-corrected chi connectivity index (χ2v) is 9.90. The monoisotopic (exact) mass is 484 g/mol. The zero-order valence-electron chi connectivity index (χ0n) is 20.6. The van der Waals surface area contributed by atoms with Gasteiger partial charge in [0.25, 0.3) is 11.7 Å². The van der Waals surface area contributed by atoms with Crippen molar-refractivity contribution in [2.75, 3.05) is 11.6 Å². The summed E-state index contributed by atoms with van der Waals surface area (Å²) in [5, 5.41) is 12.0. The number of benzene rings is 2. The van der Waals surface area contributed by atoms with E-state index in [1.54, 1.807) is 0 Å². The van der Waals surface area contributed by atoms with Crippen molar-refractivity contribution in [1.82, 2.24) is 10.2 Å². The van der Waals surface area contributed by atoms with Crippen LogP contribution in [0.1, 0.15) is 54.7 Å². The van der Waals surface area contributed by atoms with Crippen LogP contribution < -0.4 is 15.1 Å². The third-order valence-corrected chi connectivity index (χ3v) is 7.46. The minimum Gasteiger partial charge on any atom is -0.481 e. The van der Waals surface area contributed by atoms with Gasteiger partial charge in [-0.05, 0) is 73.3 Å². The van der Waals surface area contributed by atoms with E-state index in [0.29, 0.717) is 37.2 Å². The number of hydrogen-bond acceptors (Lipinski definition) is 5. The van der Waals surface area contributed by atoms with Gasteiger partial charge in [-0.2, -0.15) is 4.99 Å². The van der Waals surface area contributed by atoms with Crippen LogP contribution in [0, 0.1) is 12.8 Å². The van der Waals surface area contributed by atoms with Crippen molar-refractivity contribution in [3.8, 4) is 0 Å². The lowest BCUT2D eigenvalue weighted by Gasteiger charge is -2.28. The maximum atomic E-state index is 12.7. The first-order valence-electron chi connectivity index (χ1n) is 12.6. The lowest BCUT2D eigenvalue weighted by molar-refractivity contribution is -0.138. The second-order valence-electron chi connectivity index (χ2n) is 9.90. The number of carbonyl (C=O) groups is 2. The van der Waals surface area contributed by atoms with E-state index in [1.807, 2.05) is 54.6 Å². The zero-order valence-corrected chi connectivity index (χ0v) is 20.6. The van der Waals surface area contributed by atoms with Crippen LogP contribution in [0.5, 0.6) is 0 Å². The van der Waals surface area contributed by atoms with E-state index < -0.39 is 5.97 Å². The minimum atomic E-state index is -0.687. The van der Waals surface area contributed by atoms with Crippen LogP contribution in [0.3, 0.4) is 0 Å². The van der Waals surface area contributed by atoms with E-state index in [1.165, 1.54) is 5.56 Å². The van der Waals surface area contributed by atoms with Crippen LogP contribution >= 0.6 is 0 Å². The van der Waals surface area contributed by atoms with Gasteiger partial charge >= 0.3 is 5.97 Å². The lowest BCUT2D eigenvalue weighted by atomic mass is 9.77. The van der Waals surface area contributed by atoms with Gasteiger partial charge in [-0.25, -0.2) is 0 Å². The Morgan fingerprint density at radius 2 is 1.83 bits per heavy atom. The number of carboxylic acids is 1. The Bertz CT molecular complexity index is 1220. The van der Waals surface area contributed by atoms with E-state index in [0.717, 1.165) is 48.3 Å². The highest BCUT2D eigenvalue weighted by molar-refractivity contribution is 6.06. The molecule has 2 aliphatic heterocycles. The highest BCUT2D eigenvalue weighted by Gasteiger charge is 2.35. The predicted molar refractivity (Wildman–Crippen MR) is 141 cm³/mol. The Hall–Kier alpha value is -3.71. The molecule has 7 heteroatoms. The molecule has 0 atom stereocenters. The molecule has 2 aromatic rings. The number of carbonyl (C=O) groups excluding carboxylic acids is 1. The van der Waals surface area contributed by atoms with Crippen LogP contribution in [-0.2, 0) is 16.1 Å². The smallest absolute Gasteiger partial charge is 0.303 e. The lowest BCUT2D eigenvalue weighted by Crippen LogP contribution is -2.41. The topological polar surface area (TPSA) is 87.9 Å². The van der Waals surface area contributed by atoms with Gasteiger partial charge in [-0.15, -0.1) is 0 Å². The molecule has 3 aliphatic rings. The molecule has 1 amide bonds. The molecule has 2 aromatic carbocycles. The molecule has 2 heterocycles. The Kier molecular flexibility index (Phi) is 7.00. The second kappa shape index (κ2) is 10.5. The van der Waals surface area contributed by atoms with Crippen molar-refractivity contribution in [2.45, 2.75) is 51.5 Å². The maximum Gasteiger partial charge on any atom is 0.303 e. The summed E-state index contributed by atoms with van der Waals surface area (Å²) in [5.41, 5.74) is 5.07. The molecule has 0 aromatic heterocycles. The first kappa shape index (κ1) is 24.0. The van der Waals surface area contributed by atoms with Crippen LogP contribution in [0.25, 0.3) is 0 Å². The number of aliphatic carboxylic acids is 1. The molecule has 0 spiro atoms. The number of rotatable bonds is 7. The average molecular weight is 485 g/mol. The SMILES string of the molecule is Cc1ccccc1CNC(=O)C1=C[N+]2CN(c3ccc(C4CCC(CC(=O)O)CC4)cc3)C=CC2=N1. The van der Waals surface area contributed by atoms with Gasteiger partial charge in [0.1, 0.15) is 0 Å². The summed E-state index contributed by atoms with van der Waals surface area (Å²) in [6, 6.07) is 16.7. The molecule has 1 radical (unpaired) electrons. The summed E-state index contributed by atoms with van der Waals surface area (Å²) in [6.07, 6.45) is 10.1. The fourth-order valence-corrected chi connectivity index (χ4v) is 5.28. The van der Waals surface area contributed by atoms with Crippen LogP contribution in [0.4, 0.5) is 5.69 Å². The largest absolute Gasteiger partial charge is 0.481 e. The summed E-state index contributed by atoms with van der Waals surface area (Å²) in [4.78, 5) is 32.3. The number of anilines is 1. The molecule has 2 N–H and O–H groups in total. The Morgan fingerprint density at radius 1 is 1.08 bits per heavy atom. The number of nitrogens with zero attached hydrogens (tertiary/aromatic N) is 3. The van der Waals surface area contributed by atoms with E-state index in [9.17, 15) is 9.59 Å². The number of amides is 1. The average Bonchev–Trinajstić information content (AvgIpc) is 3.32. The number of hydrogen-bond donors (Lipinski definition) is 2. The molecule has 1 aliphatic carbocycles. The van der Waals surface area contributed by atoms with Gasteiger partial charge in [0.15, 0.2) is 11.9 Å². The summed E-state index contributed by atoms with van der Waals surface area (Å²) >= 11 is 0. The van der Waals surface area contributed by atoms with Crippen molar-refractivity contribution in [2.24, 2.45) is 10.9 Å². The summed E-state index contributed by atoms with van der Waals surface area (Å²) in [6.45, 7) is 3.10. The van der Waals surface area contributed by atoms with Crippen molar-refractivity contribution >= 4 is 23.4 Å². The van der Waals surface area contributed by atoms with Crippen molar-refractivity contribution in [3.63, 3.8) is 0 Å². The predicted octanol–water partition coefficient (Wildman–Crippen LogP) is 4.74. The highest BCUT2D eigenvalue weighted by atomic mass is 16.4. The van der Waals surface area contributed by atoms with Crippen molar-refractivity contribution < 1.29 is 14.7 Å². The standard InChI is InChI=1S/C29H32N4O3/c1-20-4-2-3-5-24(20)17-30-29(36)26-18-33-19-32(15-14-27(33)31-26)25-12-10-23(11-13-25)22-8-6-21(7-9-22)16-28(34)35/h2-5,10-15,18,21-22H,6-9,16-17,19H2,1H3,(H,30,36)(H,34,35)/q+1. The zero-order chi connectivity index (χ0) is 25.1. The minimum absolute atomic E-state index is 0.178. The first-order valence-corrected chi connectivity index (χ1v) is 12.6. The Balaban J connectivity index is 1.17. The molecule has 1 saturated carbocycles. The highest BCUT2D eigenvalue weighted by Crippen LogP contribution is 2.37. The Morgan fingerprint density at radius 3 is 2.56 bits per heavy atom. The summed E-state index contributed by atoms with van der Waals surface area (Å²) < 4.78 is 0. The molecule has 0 bridgehead atoms. The fraction of sp³-hybridized carbons (Fsp3) is 0.345. The van der Waals surface area contributed by atoms with Crippen LogP contribution in [0.15, 0.2) is 77.7 Å². The third-order valence-electron chi connectivity index (χ3n) is 7.46. The quantitative estimate of drug-likeness (QED) is 0.556. The van der Waals surface area contributed by atoms with Crippen molar-refractivity contribution in [3.05, 3.63) is 89.4 Å². The van der Waals surface area contributed by atoms with Gasteiger partial charge in [0, 0.05) is 30.9 Å². The van der Waals surface area contributed by atoms with Gasteiger partial charge in [0.05, 0.1) is 0 Å². The van der Waals surface area contributed by atoms with Gasteiger partial charge < -0.3 is 10.4 Å². The fourth-order valence-electron chi connectivity index (χ4n) is 5.28. The molecular weight excluding hydrogens is 452 g/mol. The number of nitrogens with one attached hydrogen (secondary N) is 1. The van der Waals surface area contributed by atoms with Gasteiger partial charge in [-0.1, -0.05) is 41.3 Å². The van der Waals surface area contributed by atoms with Gasteiger partial charge in [0.2, 0.25) is 6.67 Å². The summed E-state index contributed by atoms with van der Waals surface area (Å²) in [7, 11) is 0. The van der Waals surface area contributed by atoms with E-state index in [2.05, 4.69) is 39.5 Å². The van der Waals surface area contributed by atoms with E-state index in [-0.39, 0.29) is 5.91 Å². The third kappa shape index (κ3) is 5.41. The molecule has 0 unspecified atom stereocenters. The normalized spacial score (nSPS) is 21.5. The van der Waals surface area contributed by atoms with Crippen LogP contribution in [0.2, 0.25) is 0 Å². The first-order chi connectivity index (χ1) is 17.5. The molecular formula is C29H32N4O3+. The molecule has 36 heavy (non-hydrogen) atoms. The number of aliphatic imine (C=N–C) groups is 1. The molecule has 5 rings (SSSR count). The maximum absolute atomic E-state index is 12.7. The number of fused-ring (bicyclic) bond motifs is 1. The number of carboxylic acid groups (broad SMARTS) is 1. The number of aryl methyl sites for hydroxylation is 1. The Labute approximate surface area is 211 Å². The molecule has 0 saturated heterocycles. The molecule has 7 nitrogen and oxygen atoms in total.